The largest absolute Gasteiger partial charge is 0.396 e. The molecule has 1 aromatic carbocycles. The van der Waals surface area contributed by atoms with Crippen molar-refractivity contribution >= 4 is 5.84 Å². The minimum Gasteiger partial charge on any atom is -0.396 e. The number of amidine groups is 1. The van der Waals surface area contributed by atoms with Crippen molar-refractivity contribution < 1.29 is 9.50 Å². The van der Waals surface area contributed by atoms with Crippen LogP contribution < -0.4 is 5.73 Å². The van der Waals surface area contributed by atoms with Gasteiger partial charge in [-0.3, -0.25) is 10.3 Å². The Morgan fingerprint density at radius 1 is 1.40 bits per heavy atom. The molecule has 1 aliphatic carbocycles. The molecule has 1 aliphatic rings. The Morgan fingerprint density at radius 2 is 2.15 bits per heavy atom. The first-order valence-electron chi connectivity index (χ1n) is 7.09. The Morgan fingerprint density at radius 3 is 2.70 bits per heavy atom. The zero-order valence-electron chi connectivity index (χ0n) is 11.6. The predicted molar refractivity (Wildman–Crippen MR) is 77.2 cm³/mol. The van der Waals surface area contributed by atoms with Crippen molar-refractivity contribution in [1.82, 2.24) is 4.90 Å². The van der Waals surface area contributed by atoms with Crippen molar-refractivity contribution in [1.29, 1.82) is 5.41 Å². The van der Waals surface area contributed by atoms with E-state index in [0.29, 0.717) is 18.2 Å². The third kappa shape index (κ3) is 3.77. The number of nitrogens with zero attached hydrogens (tertiary/aromatic N) is 1. The van der Waals surface area contributed by atoms with Crippen LogP contribution in [0.15, 0.2) is 18.2 Å². The quantitative estimate of drug-likeness (QED) is 0.527. The highest BCUT2D eigenvalue weighted by molar-refractivity contribution is 5.95. The molecular weight excluding hydrogens is 257 g/mol. The van der Waals surface area contributed by atoms with Gasteiger partial charge in [0.05, 0.1) is 0 Å². The molecule has 0 heterocycles. The van der Waals surface area contributed by atoms with Crippen LogP contribution in [0.1, 0.15) is 36.8 Å². The number of nitrogens with one attached hydrogen (secondary N) is 1. The number of hydrogen-bond donors (Lipinski definition) is 3. The molecule has 0 bridgehead atoms. The maximum absolute atomic E-state index is 13.6. The van der Waals surface area contributed by atoms with Gasteiger partial charge in [0.25, 0.3) is 0 Å². The molecule has 0 saturated heterocycles. The van der Waals surface area contributed by atoms with Gasteiger partial charge in [-0.15, -0.1) is 0 Å². The number of rotatable bonds is 7. The lowest BCUT2D eigenvalue weighted by Crippen LogP contribution is -2.40. The van der Waals surface area contributed by atoms with Crippen LogP contribution in [-0.2, 0) is 6.54 Å². The second kappa shape index (κ2) is 6.81. The predicted octanol–water partition coefficient (Wildman–Crippen LogP) is 1.85. The second-order valence-electron chi connectivity index (χ2n) is 5.39. The van der Waals surface area contributed by atoms with Crippen LogP contribution in [0.2, 0.25) is 0 Å². The minimum atomic E-state index is -0.358. The molecule has 1 aromatic rings. The molecule has 110 valence electrons. The summed E-state index contributed by atoms with van der Waals surface area (Å²) in [6.45, 7) is 1.63. The third-order valence-electron chi connectivity index (χ3n) is 3.85. The van der Waals surface area contributed by atoms with Gasteiger partial charge in [0.2, 0.25) is 0 Å². The van der Waals surface area contributed by atoms with Crippen LogP contribution in [0.5, 0.6) is 0 Å². The summed E-state index contributed by atoms with van der Waals surface area (Å²) in [7, 11) is 0. The maximum atomic E-state index is 13.6. The Kier molecular flexibility index (Phi) is 5.09. The molecule has 20 heavy (non-hydrogen) atoms. The number of aliphatic hydroxyl groups is 1. The highest BCUT2D eigenvalue weighted by Gasteiger charge is 2.24. The molecule has 0 atom stereocenters. The molecule has 4 nitrogen and oxygen atoms in total. The van der Waals surface area contributed by atoms with E-state index >= 15 is 0 Å². The fourth-order valence-electron chi connectivity index (χ4n) is 2.55. The van der Waals surface area contributed by atoms with Crippen LogP contribution >= 0.6 is 0 Å². The van der Waals surface area contributed by atoms with E-state index in [4.69, 9.17) is 16.2 Å². The Bertz CT molecular complexity index is 474. The zero-order valence-corrected chi connectivity index (χ0v) is 11.6. The smallest absolute Gasteiger partial charge is 0.124 e. The van der Waals surface area contributed by atoms with E-state index in [0.717, 1.165) is 18.5 Å². The van der Waals surface area contributed by atoms with Gasteiger partial charge in [0, 0.05) is 31.3 Å². The standard InChI is InChI=1S/C15H22FN3O/c16-13-8-11(7-12(9-13)15(17)18)10-19(5-2-6-20)14-3-1-4-14/h7-9,14,20H,1-6,10H2,(H3,17,18). The molecule has 0 aromatic heterocycles. The first-order valence-corrected chi connectivity index (χ1v) is 7.09. The summed E-state index contributed by atoms with van der Waals surface area (Å²) in [5.74, 6) is -0.472. The minimum absolute atomic E-state index is 0.115. The molecule has 4 N–H and O–H groups in total. The highest BCUT2D eigenvalue weighted by atomic mass is 19.1. The van der Waals surface area contributed by atoms with Crippen molar-refractivity contribution in [2.24, 2.45) is 5.73 Å². The number of halogens is 1. The van der Waals surface area contributed by atoms with Gasteiger partial charge < -0.3 is 10.8 Å². The molecule has 1 saturated carbocycles. The fourth-order valence-corrected chi connectivity index (χ4v) is 2.55. The second-order valence-corrected chi connectivity index (χ2v) is 5.39. The molecule has 0 amide bonds. The van der Waals surface area contributed by atoms with Crippen LogP contribution in [0.4, 0.5) is 4.39 Å². The normalized spacial score (nSPS) is 15.3. The number of hydrogen-bond acceptors (Lipinski definition) is 3. The Balaban J connectivity index is 2.10. The molecule has 1 fully saturated rings. The van der Waals surface area contributed by atoms with E-state index in [-0.39, 0.29) is 18.3 Å². The maximum Gasteiger partial charge on any atom is 0.124 e. The van der Waals surface area contributed by atoms with E-state index in [1.54, 1.807) is 6.07 Å². The monoisotopic (exact) mass is 279 g/mol. The summed E-state index contributed by atoms with van der Waals surface area (Å²) in [6, 6.07) is 5.09. The van der Waals surface area contributed by atoms with Gasteiger partial charge in [-0.25, -0.2) is 4.39 Å². The molecule has 0 spiro atoms. The summed E-state index contributed by atoms with van der Waals surface area (Å²) in [6.07, 6.45) is 4.30. The van der Waals surface area contributed by atoms with E-state index in [9.17, 15) is 4.39 Å². The van der Waals surface area contributed by atoms with Crippen molar-refractivity contribution in [2.75, 3.05) is 13.2 Å². The average molecular weight is 279 g/mol. The summed E-state index contributed by atoms with van der Waals surface area (Å²) in [5, 5.41) is 16.4. The summed E-state index contributed by atoms with van der Waals surface area (Å²) in [5.41, 5.74) is 6.69. The SMILES string of the molecule is N=C(N)c1cc(F)cc(CN(CCCO)C2CCC2)c1. The topological polar surface area (TPSA) is 73.3 Å². The lowest BCUT2D eigenvalue weighted by atomic mass is 9.91. The molecule has 0 radical (unpaired) electrons. The summed E-state index contributed by atoms with van der Waals surface area (Å²) in [4.78, 5) is 2.29. The molecule has 0 unspecified atom stereocenters. The molecule has 5 heteroatoms. The average Bonchev–Trinajstić information content (AvgIpc) is 2.33. The number of benzene rings is 1. The third-order valence-corrected chi connectivity index (χ3v) is 3.85. The molecule has 0 aliphatic heterocycles. The van der Waals surface area contributed by atoms with Gasteiger partial charge in [-0.1, -0.05) is 6.42 Å². The summed E-state index contributed by atoms with van der Waals surface area (Å²) >= 11 is 0. The Labute approximate surface area is 118 Å². The van der Waals surface area contributed by atoms with E-state index in [2.05, 4.69) is 4.90 Å². The van der Waals surface area contributed by atoms with Gasteiger partial charge in [-0.2, -0.15) is 0 Å². The molecular formula is C15H22FN3O. The van der Waals surface area contributed by atoms with Crippen molar-refractivity contribution in [2.45, 2.75) is 38.3 Å². The lowest BCUT2D eigenvalue weighted by molar-refractivity contribution is 0.109. The van der Waals surface area contributed by atoms with Gasteiger partial charge in [-0.05, 0) is 43.0 Å². The molecule has 2 rings (SSSR count). The first-order chi connectivity index (χ1) is 9.60. The van der Waals surface area contributed by atoms with E-state index < -0.39 is 0 Å². The van der Waals surface area contributed by atoms with Gasteiger partial charge >= 0.3 is 0 Å². The van der Waals surface area contributed by atoms with Crippen LogP contribution in [0.25, 0.3) is 0 Å². The zero-order chi connectivity index (χ0) is 14.5. The van der Waals surface area contributed by atoms with Crippen molar-refractivity contribution in [3.8, 4) is 0 Å². The Hall–Kier alpha value is -1.46. The van der Waals surface area contributed by atoms with Gasteiger partial charge in [0.15, 0.2) is 0 Å². The number of nitrogens with two attached hydrogens (primary N) is 1. The number of aliphatic hydroxyl groups excluding tert-OH is 1. The lowest BCUT2D eigenvalue weighted by Gasteiger charge is -2.37. The fraction of sp³-hybridized carbons (Fsp3) is 0.533. The van der Waals surface area contributed by atoms with E-state index in [1.807, 2.05) is 0 Å². The highest BCUT2D eigenvalue weighted by Crippen LogP contribution is 2.26. The number of nitrogen functional groups attached to an aromatic ring is 1. The van der Waals surface area contributed by atoms with Crippen molar-refractivity contribution in [3.63, 3.8) is 0 Å². The van der Waals surface area contributed by atoms with Crippen LogP contribution in [-0.4, -0.2) is 35.0 Å². The first kappa shape index (κ1) is 14.9. The van der Waals surface area contributed by atoms with Crippen molar-refractivity contribution in [3.05, 3.63) is 35.1 Å². The summed E-state index contributed by atoms with van der Waals surface area (Å²) < 4.78 is 13.6. The van der Waals surface area contributed by atoms with E-state index in [1.165, 1.54) is 31.4 Å². The van der Waals surface area contributed by atoms with Crippen LogP contribution in [0, 0.1) is 11.2 Å². The van der Waals surface area contributed by atoms with Crippen LogP contribution in [0.3, 0.4) is 0 Å². The van der Waals surface area contributed by atoms with Gasteiger partial charge in [0.1, 0.15) is 11.7 Å².